The number of nitrogens with zero attached hydrogens (tertiary/aromatic N) is 2. The lowest BCUT2D eigenvalue weighted by Crippen LogP contribution is -2.53. The van der Waals surface area contributed by atoms with Crippen LogP contribution in [-0.4, -0.2) is 71.0 Å². The van der Waals surface area contributed by atoms with E-state index in [4.69, 9.17) is 0 Å². The number of unbranched alkanes of at least 4 members (excludes halogenated alkanes) is 1. The van der Waals surface area contributed by atoms with Gasteiger partial charge in [0, 0.05) is 42.3 Å². The maximum absolute atomic E-state index is 13.1. The molecule has 0 spiro atoms. The number of nitrogens with one attached hydrogen (secondary N) is 1. The van der Waals surface area contributed by atoms with Crippen molar-refractivity contribution in [1.29, 1.82) is 0 Å². The van der Waals surface area contributed by atoms with Crippen molar-refractivity contribution in [3.8, 4) is 0 Å². The molecule has 0 bridgehead atoms. The quantitative estimate of drug-likeness (QED) is 0.313. The van der Waals surface area contributed by atoms with Gasteiger partial charge >= 0.3 is 18.4 Å². The second kappa shape index (κ2) is 9.84. The van der Waals surface area contributed by atoms with Gasteiger partial charge in [-0.25, -0.2) is 4.79 Å². The summed E-state index contributed by atoms with van der Waals surface area (Å²) in [4.78, 5) is 27.7. The summed E-state index contributed by atoms with van der Waals surface area (Å²) in [6.45, 7) is 2.27. The molecular formula is C21H25F6N3O3S. The summed E-state index contributed by atoms with van der Waals surface area (Å²) in [5.74, 6) is 1.39. The smallest absolute Gasteiger partial charge is 0.369 e. The Morgan fingerprint density at radius 2 is 1.74 bits per heavy atom. The first-order valence-electron chi connectivity index (χ1n) is 10.7. The largest absolute Gasteiger partial charge is 0.430 e. The van der Waals surface area contributed by atoms with Gasteiger partial charge in [0.1, 0.15) is 0 Å². The number of thioether (sulfide) groups is 1. The molecule has 2 fully saturated rings. The average Bonchev–Trinajstić information content (AvgIpc) is 3.31. The number of carbonyl (C=O) groups is 2. The number of rotatable bonds is 8. The standard InChI is InChI=1S/C21H25F6N3O3S/c1-2-29(14-8-6-13(7-9-14)19(33,20(22,23)24)21(25,26)27)17(31)5-3-4-10-30-16-12-34-11-15(16)28-18(30)32/h6-9,15-16,33H,2-5,10-12H2,1H3,(H,28,32). The predicted octanol–water partition coefficient (Wildman–Crippen LogP) is 4.03. The normalized spacial score (nSPS) is 20.9. The molecule has 6 nitrogen and oxygen atoms in total. The van der Waals surface area contributed by atoms with Crippen LogP contribution in [-0.2, 0) is 10.4 Å². The molecule has 2 saturated heterocycles. The van der Waals surface area contributed by atoms with E-state index in [1.807, 2.05) is 0 Å². The van der Waals surface area contributed by atoms with Gasteiger partial charge in [-0.1, -0.05) is 12.1 Å². The number of benzene rings is 1. The van der Waals surface area contributed by atoms with E-state index >= 15 is 0 Å². The number of carbonyl (C=O) groups excluding carboxylic acids is 2. The Morgan fingerprint density at radius 3 is 2.29 bits per heavy atom. The highest BCUT2D eigenvalue weighted by Gasteiger charge is 2.71. The zero-order chi connectivity index (χ0) is 25.3. The first-order valence-corrected chi connectivity index (χ1v) is 11.9. The van der Waals surface area contributed by atoms with Gasteiger partial charge in [0.25, 0.3) is 5.60 Å². The van der Waals surface area contributed by atoms with Crippen LogP contribution in [0.4, 0.5) is 36.8 Å². The molecular weight excluding hydrogens is 488 g/mol. The van der Waals surface area contributed by atoms with E-state index in [2.05, 4.69) is 5.32 Å². The first kappa shape index (κ1) is 26.5. The maximum Gasteiger partial charge on any atom is 0.430 e. The second-order valence-corrected chi connectivity index (χ2v) is 9.28. The summed E-state index contributed by atoms with van der Waals surface area (Å²) in [6.07, 6.45) is -10.8. The summed E-state index contributed by atoms with van der Waals surface area (Å²) in [5.41, 5.74) is -6.28. The van der Waals surface area contributed by atoms with Crippen LogP contribution in [0.15, 0.2) is 24.3 Å². The lowest BCUT2D eigenvalue weighted by molar-refractivity contribution is -0.376. The molecule has 0 saturated carbocycles. The third-order valence-corrected chi connectivity index (χ3v) is 7.27. The number of hydrogen-bond donors (Lipinski definition) is 2. The maximum atomic E-state index is 13.1. The van der Waals surface area contributed by atoms with Crippen LogP contribution in [0.5, 0.6) is 0 Å². The number of aliphatic hydroxyl groups is 1. The molecule has 2 atom stereocenters. The Morgan fingerprint density at radius 1 is 1.12 bits per heavy atom. The average molecular weight is 514 g/mol. The van der Waals surface area contributed by atoms with Crippen molar-refractivity contribution in [2.24, 2.45) is 0 Å². The number of fused-ring (bicyclic) bond motifs is 1. The van der Waals surface area contributed by atoms with Gasteiger partial charge in [0.2, 0.25) is 5.91 Å². The van der Waals surface area contributed by atoms with E-state index in [1.54, 1.807) is 23.6 Å². The minimum atomic E-state index is -5.98. The number of anilines is 1. The molecule has 0 aromatic heterocycles. The molecule has 3 rings (SSSR count). The van der Waals surface area contributed by atoms with Crippen LogP contribution in [0, 0.1) is 0 Å². The SMILES string of the molecule is CCN(C(=O)CCCCN1C(=O)NC2CSCC21)c1ccc(C(O)(C(F)(F)F)C(F)(F)F)cc1. The third kappa shape index (κ3) is 4.95. The molecule has 2 unspecified atom stereocenters. The van der Waals surface area contributed by atoms with E-state index in [1.165, 1.54) is 4.90 Å². The first-order chi connectivity index (χ1) is 15.8. The van der Waals surface area contributed by atoms with Crippen molar-refractivity contribution in [2.75, 3.05) is 29.5 Å². The van der Waals surface area contributed by atoms with Crippen LogP contribution in [0.2, 0.25) is 0 Å². The monoisotopic (exact) mass is 513 g/mol. The molecule has 0 aliphatic carbocycles. The predicted molar refractivity (Wildman–Crippen MR) is 114 cm³/mol. The molecule has 1 aromatic rings. The van der Waals surface area contributed by atoms with E-state index in [9.17, 15) is 41.0 Å². The molecule has 2 N–H and O–H groups in total. The highest BCUT2D eigenvalue weighted by molar-refractivity contribution is 7.99. The van der Waals surface area contributed by atoms with Gasteiger partial charge in [-0.2, -0.15) is 38.1 Å². The summed E-state index contributed by atoms with van der Waals surface area (Å²) >= 11 is 1.77. The van der Waals surface area contributed by atoms with Crippen molar-refractivity contribution in [2.45, 2.75) is 56.2 Å². The lowest BCUT2D eigenvalue weighted by Gasteiger charge is -2.33. The summed E-state index contributed by atoms with van der Waals surface area (Å²) < 4.78 is 78.3. The van der Waals surface area contributed by atoms with Gasteiger partial charge in [-0.3, -0.25) is 4.79 Å². The molecule has 190 valence electrons. The van der Waals surface area contributed by atoms with Gasteiger partial charge in [0.05, 0.1) is 12.1 Å². The Hall–Kier alpha value is -2.15. The molecule has 2 aliphatic heterocycles. The molecule has 3 amide bonds. The zero-order valence-electron chi connectivity index (χ0n) is 18.2. The van der Waals surface area contributed by atoms with Crippen molar-refractivity contribution < 1.29 is 41.0 Å². The number of hydrogen-bond acceptors (Lipinski definition) is 4. The highest BCUT2D eigenvalue weighted by Crippen LogP contribution is 2.50. The van der Waals surface area contributed by atoms with Crippen molar-refractivity contribution >= 4 is 29.4 Å². The van der Waals surface area contributed by atoms with Gasteiger partial charge < -0.3 is 20.2 Å². The van der Waals surface area contributed by atoms with Gasteiger partial charge in [-0.05, 0) is 31.9 Å². The molecule has 0 radical (unpaired) electrons. The Balaban J connectivity index is 1.60. The number of amides is 3. The molecule has 2 aliphatic rings. The van der Waals surface area contributed by atoms with Crippen LogP contribution in [0.1, 0.15) is 31.7 Å². The Bertz CT molecular complexity index is 879. The highest BCUT2D eigenvalue weighted by atomic mass is 32.2. The molecule has 13 heteroatoms. The number of alkyl halides is 6. The fourth-order valence-electron chi connectivity index (χ4n) is 4.21. The van der Waals surface area contributed by atoms with Gasteiger partial charge in [0.15, 0.2) is 0 Å². The van der Waals surface area contributed by atoms with Crippen molar-refractivity contribution in [3.05, 3.63) is 29.8 Å². The van der Waals surface area contributed by atoms with Gasteiger partial charge in [-0.15, -0.1) is 0 Å². The van der Waals surface area contributed by atoms with Crippen LogP contribution >= 0.6 is 11.8 Å². The summed E-state index contributed by atoms with van der Waals surface area (Å²) in [6, 6.07) is 3.12. The minimum absolute atomic E-state index is 0.100. The minimum Gasteiger partial charge on any atom is -0.369 e. The fraction of sp³-hybridized carbons (Fsp3) is 0.619. The lowest BCUT2D eigenvalue weighted by atomic mass is 9.92. The second-order valence-electron chi connectivity index (χ2n) is 8.20. The van der Waals surface area contributed by atoms with Crippen LogP contribution in [0.25, 0.3) is 0 Å². The third-order valence-electron chi connectivity index (χ3n) is 6.09. The van der Waals surface area contributed by atoms with E-state index in [0.717, 1.165) is 23.6 Å². The molecule has 1 aromatic carbocycles. The fourth-order valence-corrected chi connectivity index (χ4v) is 5.56. The van der Waals surface area contributed by atoms with E-state index in [-0.39, 0.29) is 42.7 Å². The number of urea groups is 1. The number of halogens is 6. The van der Waals surface area contributed by atoms with Crippen molar-refractivity contribution in [1.82, 2.24) is 10.2 Å². The molecule has 2 heterocycles. The van der Waals surface area contributed by atoms with Crippen LogP contribution in [0.3, 0.4) is 0 Å². The Labute approximate surface area is 196 Å². The van der Waals surface area contributed by atoms with Crippen LogP contribution < -0.4 is 10.2 Å². The molecule has 34 heavy (non-hydrogen) atoms. The topological polar surface area (TPSA) is 72.9 Å². The van der Waals surface area contributed by atoms with E-state index < -0.39 is 23.5 Å². The van der Waals surface area contributed by atoms with Crippen molar-refractivity contribution in [3.63, 3.8) is 0 Å². The summed E-state index contributed by atoms with van der Waals surface area (Å²) in [5, 5.41) is 12.4. The zero-order valence-corrected chi connectivity index (χ0v) is 19.1. The summed E-state index contributed by atoms with van der Waals surface area (Å²) in [7, 11) is 0. The Kier molecular flexibility index (Phi) is 7.66. The van der Waals surface area contributed by atoms with E-state index in [0.29, 0.717) is 31.5 Å².